The molecule has 0 unspecified atom stereocenters. The topological polar surface area (TPSA) is 63.6 Å². The zero-order valence-corrected chi connectivity index (χ0v) is 9.82. The highest BCUT2D eigenvalue weighted by atomic mass is 16.5. The van der Waals surface area contributed by atoms with Crippen LogP contribution in [0.25, 0.3) is 0 Å². The molecule has 0 amide bonds. The van der Waals surface area contributed by atoms with Crippen LogP contribution < -0.4 is 0 Å². The molecule has 0 heterocycles. The molecular formula is C11H20O4. The predicted octanol–water partition coefficient (Wildman–Crippen LogP) is 2.24. The van der Waals surface area contributed by atoms with E-state index in [0.29, 0.717) is 12.5 Å². The zero-order valence-electron chi connectivity index (χ0n) is 9.82. The number of carbonyl (C=O) groups is 2. The molecule has 0 aliphatic heterocycles. The van der Waals surface area contributed by atoms with Crippen LogP contribution in [0.4, 0.5) is 0 Å². The van der Waals surface area contributed by atoms with E-state index in [-0.39, 0.29) is 5.97 Å². The molecule has 0 atom stereocenters. The molecule has 0 spiro atoms. The van der Waals surface area contributed by atoms with E-state index in [0.717, 1.165) is 13.3 Å². The number of carboxylic acids is 1. The molecule has 0 aromatic heterocycles. The Labute approximate surface area is 90.9 Å². The number of carbonyl (C=O) groups excluding carboxylic acids is 1. The van der Waals surface area contributed by atoms with E-state index in [1.165, 1.54) is 6.08 Å². The van der Waals surface area contributed by atoms with Crippen LogP contribution in [0.2, 0.25) is 0 Å². The van der Waals surface area contributed by atoms with E-state index in [9.17, 15) is 4.79 Å². The van der Waals surface area contributed by atoms with Gasteiger partial charge < -0.3 is 9.84 Å². The van der Waals surface area contributed by atoms with Crippen LogP contribution in [0.1, 0.15) is 34.1 Å². The molecule has 4 nitrogen and oxygen atoms in total. The van der Waals surface area contributed by atoms with Crippen LogP contribution in [-0.4, -0.2) is 23.7 Å². The van der Waals surface area contributed by atoms with Crippen LogP contribution in [0.3, 0.4) is 0 Å². The molecule has 1 N–H and O–H groups in total. The maximum atomic E-state index is 10.7. The van der Waals surface area contributed by atoms with Gasteiger partial charge in [0.05, 0.1) is 6.61 Å². The number of ether oxygens (including phenoxy) is 1. The molecule has 0 saturated carbocycles. The van der Waals surface area contributed by atoms with Gasteiger partial charge in [-0.1, -0.05) is 19.9 Å². The summed E-state index contributed by atoms with van der Waals surface area (Å²) in [7, 11) is 0. The first kappa shape index (κ1) is 16.1. The fourth-order valence-corrected chi connectivity index (χ4v) is 0.579. The quantitative estimate of drug-likeness (QED) is 0.578. The first-order valence-corrected chi connectivity index (χ1v) is 4.89. The van der Waals surface area contributed by atoms with Crippen molar-refractivity contribution in [2.75, 3.05) is 6.61 Å². The molecule has 15 heavy (non-hydrogen) atoms. The van der Waals surface area contributed by atoms with Gasteiger partial charge in [0.15, 0.2) is 0 Å². The first-order chi connectivity index (χ1) is 6.90. The van der Waals surface area contributed by atoms with Gasteiger partial charge in [0.1, 0.15) is 0 Å². The summed E-state index contributed by atoms with van der Waals surface area (Å²) in [6.45, 7) is 7.61. The number of hydrogen-bond acceptors (Lipinski definition) is 3. The fourth-order valence-electron chi connectivity index (χ4n) is 0.579. The molecule has 0 bridgehead atoms. The minimum Gasteiger partial charge on any atom is -0.481 e. The summed E-state index contributed by atoms with van der Waals surface area (Å²) in [6.07, 6.45) is 4.04. The van der Waals surface area contributed by atoms with Crippen LogP contribution >= 0.6 is 0 Å². The Morgan fingerprint density at radius 1 is 1.40 bits per heavy atom. The number of allylic oxidation sites excluding steroid dienone is 1. The summed E-state index contributed by atoms with van der Waals surface area (Å²) in [4.78, 5) is 19.7. The van der Waals surface area contributed by atoms with Gasteiger partial charge in [0.25, 0.3) is 5.97 Å². The predicted molar refractivity (Wildman–Crippen MR) is 58.5 cm³/mol. The Hall–Kier alpha value is -1.32. The molecule has 0 aromatic rings. The number of hydrogen-bond donors (Lipinski definition) is 1. The summed E-state index contributed by atoms with van der Waals surface area (Å²) in [5.41, 5.74) is 0. The van der Waals surface area contributed by atoms with Crippen molar-refractivity contribution in [3.8, 4) is 0 Å². The molecular weight excluding hydrogens is 196 g/mol. The smallest absolute Gasteiger partial charge is 0.330 e. The lowest BCUT2D eigenvalue weighted by Gasteiger charge is -2.03. The maximum absolute atomic E-state index is 10.7. The fraction of sp³-hybridized carbons (Fsp3) is 0.636. The van der Waals surface area contributed by atoms with Crippen LogP contribution in [-0.2, 0) is 14.3 Å². The third-order valence-electron chi connectivity index (χ3n) is 1.24. The van der Waals surface area contributed by atoms with Crippen LogP contribution in [0.5, 0.6) is 0 Å². The Morgan fingerprint density at radius 2 is 1.87 bits per heavy atom. The molecule has 0 rings (SSSR count). The molecule has 0 aliphatic rings. The van der Waals surface area contributed by atoms with Gasteiger partial charge in [-0.3, -0.25) is 4.79 Å². The summed E-state index contributed by atoms with van der Waals surface area (Å²) in [6, 6.07) is 0. The third-order valence-corrected chi connectivity index (χ3v) is 1.24. The lowest BCUT2D eigenvalue weighted by Crippen LogP contribution is -2.04. The standard InChI is InChI=1S/C9H16O2.C2H4O2/c1-4-5-9(10)11-7-6-8(2)3;1-2(3)4/h4-5,8H,6-7H2,1-3H3;1H3,(H,3,4). The van der Waals surface area contributed by atoms with Crippen molar-refractivity contribution in [2.45, 2.75) is 34.1 Å². The maximum Gasteiger partial charge on any atom is 0.330 e. The van der Waals surface area contributed by atoms with Gasteiger partial charge in [-0.15, -0.1) is 0 Å². The monoisotopic (exact) mass is 216 g/mol. The minimum absolute atomic E-state index is 0.242. The van der Waals surface area contributed by atoms with Crippen molar-refractivity contribution in [3.05, 3.63) is 12.2 Å². The second-order valence-corrected chi connectivity index (χ2v) is 3.37. The van der Waals surface area contributed by atoms with Crippen molar-refractivity contribution >= 4 is 11.9 Å². The first-order valence-electron chi connectivity index (χ1n) is 4.89. The molecule has 0 aromatic carbocycles. The van der Waals surface area contributed by atoms with E-state index in [2.05, 4.69) is 13.8 Å². The SMILES string of the molecule is CC(=O)O.CC=CC(=O)OCCC(C)C. The Bertz CT molecular complexity index is 203. The molecule has 0 saturated heterocycles. The number of carboxylic acid groups (broad SMARTS) is 1. The highest BCUT2D eigenvalue weighted by Gasteiger charge is 1.97. The van der Waals surface area contributed by atoms with Gasteiger partial charge in [0.2, 0.25) is 0 Å². The largest absolute Gasteiger partial charge is 0.481 e. The summed E-state index contributed by atoms with van der Waals surface area (Å²) < 4.78 is 4.87. The zero-order chi connectivity index (χ0) is 12.3. The molecule has 0 fully saturated rings. The second kappa shape index (κ2) is 10.8. The molecule has 88 valence electrons. The molecule has 4 heteroatoms. The van der Waals surface area contributed by atoms with Crippen molar-refractivity contribution in [1.29, 1.82) is 0 Å². The lowest BCUT2D eigenvalue weighted by atomic mass is 10.1. The highest BCUT2D eigenvalue weighted by molar-refractivity contribution is 5.81. The van der Waals surface area contributed by atoms with Gasteiger partial charge in [-0.05, 0) is 19.3 Å². The average molecular weight is 216 g/mol. The van der Waals surface area contributed by atoms with Crippen LogP contribution in [0, 0.1) is 5.92 Å². The van der Waals surface area contributed by atoms with E-state index in [1.54, 1.807) is 13.0 Å². The van der Waals surface area contributed by atoms with Crippen molar-refractivity contribution < 1.29 is 19.4 Å². The van der Waals surface area contributed by atoms with Crippen molar-refractivity contribution in [3.63, 3.8) is 0 Å². The number of aliphatic carboxylic acids is 1. The Morgan fingerprint density at radius 3 is 2.20 bits per heavy atom. The summed E-state index contributed by atoms with van der Waals surface area (Å²) in [5, 5.41) is 7.42. The van der Waals surface area contributed by atoms with E-state index in [4.69, 9.17) is 14.6 Å². The van der Waals surface area contributed by atoms with Gasteiger partial charge in [0, 0.05) is 13.0 Å². The van der Waals surface area contributed by atoms with Gasteiger partial charge in [-0.2, -0.15) is 0 Å². The second-order valence-electron chi connectivity index (χ2n) is 3.37. The highest BCUT2D eigenvalue weighted by Crippen LogP contribution is 1.98. The Kier molecular flexibility index (Phi) is 11.6. The van der Waals surface area contributed by atoms with Crippen molar-refractivity contribution in [1.82, 2.24) is 0 Å². The number of rotatable bonds is 4. The van der Waals surface area contributed by atoms with Crippen molar-refractivity contribution in [2.24, 2.45) is 5.92 Å². The molecule has 0 aliphatic carbocycles. The average Bonchev–Trinajstić information content (AvgIpc) is 2.02. The normalized spacial score (nSPS) is 9.67. The van der Waals surface area contributed by atoms with E-state index < -0.39 is 5.97 Å². The lowest BCUT2D eigenvalue weighted by molar-refractivity contribution is -0.138. The van der Waals surface area contributed by atoms with E-state index >= 15 is 0 Å². The van der Waals surface area contributed by atoms with E-state index in [1.807, 2.05) is 0 Å². The third kappa shape index (κ3) is 24.5. The van der Waals surface area contributed by atoms with Gasteiger partial charge in [-0.25, -0.2) is 4.79 Å². The number of esters is 1. The summed E-state index contributed by atoms with van der Waals surface area (Å²) >= 11 is 0. The van der Waals surface area contributed by atoms with Gasteiger partial charge >= 0.3 is 5.97 Å². The minimum atomic E-state index is -0.833. The Balaban J connectivity index is 0. The molecule has 0 radical (unpaired) electrons. The summed E-state index contributed by atoms with van der Waals surface area (Å²) in [5.74, 6) is -0.485. The van der Waals surface area contributed by atoms with Crippen LogP contribution in [0.15, 0.2) is 12.2 Å².